The number of amides is 1. The molecule has 1 unspecified atom stereocenters. The van der Waals surface area contributed by atoms with Crippen molar-refractivity contribution in [3.8, 4) is 16.9 Å². The van der Waals surface area contributed by atoms with Gasteiger partial charge in [-0.1, -0.05) is 6.07 Å². The minimum absolute atomic E-state index is 0.0486. The monoisotopic (exact) mass is 611 g/mol. The lowest BCUT2D eigenvalue weighted by Crippen LogP contribution is -2.58. The third-order valence-corrected chi connectivity index (χ3v) is 7.39. The minimum Gasteiger partial charge on any atom is -0.405 e. The van der Waals surface area contributed by atoms with Crippen molar-refractivity contribution in [1.82, 2.24) is 14.8 Å². The molecule has 0 saturated carbocycles. The normalized spacial score (nSPS) is 16.7. The van der Waals surface area contributed by atoms with Crippen molar-refractivity contribution >= 4 is 17.3 Å². The zero-order valence-electron chi connectivity index (χ0n) is 23.6. The number of hydrogen-bond acceptors (Lipinski definition) is 6. The zero-order valence-corrected chi connectivity index (χ0v) is 23.6. The number of carbonyl (C=O) groups excluding carboxylic acids is 1. The summed E-state index contributed by atoms with van der Waals surface area (Å²) in [6.07, 6.45) is -3.88. The molecule has 4 N–H and O–H groups in total. The van der Waals surface area contributed by atoms with Crippen LogP contribution >= 0.6 is 0 Å². The summed E-state index contributed by atoms with van der Waals surface area (Å²) < 4.78 is 89.5. The Kier molecular flexibility index (Phi) is 9.00. The molecule has 0 aliphatic carbocycles. The average molecular weight is 612 g/mol. The van der Waals surface area contributed by atoms with Gasteiger partial charge in [-0.05, 0) is 61.7 Å². The Bertz CT molecular complexity index is 1570. The first-order valence-electron chi connectivity index (χ1n) is 13.3. The van der Waals surface area contributed by atoms with E-state index in [9.17, 15) is 27.2 Å². The van der Waals surface area contributed by atoms with Gasteiger partial charge in [-0.3, -0.25) is 9.59 Å². The van der Waals surface area contributed by atoms with Gasteiger partial charge in [0.2, 0.25) is 0 Å². The number of nitrogens with two attached hydrogens (primary N) is 1. The van der Waals surface area contributed by atoms with Crippen molar-refractivity contribution in [3.05, 3.63) is 75.5 Å². The number of aryl methyl sites for hydroxylation is 1. The molecular weight excluding hydrogens is 580 g/mol. The smallest absolute Gasteiger partial charge is 0.405 e. The van der Waals surface area contributed by atoms with Crippen LogP contribution in [0.25, 0.3) is 11.1 Å². The van der Waals surface area contributed by atoms with E-state index in [-0.39, 0.29) is 48.6 Å². The van der Waals surface area contributed by atoms with E-state index in [1.807, 2.05) is 0 Å². The molecule has 14 heteroatoms. The molecule has 1 aromatic heterocycles. The number of carbonyl (C=O) groups is 1. The Morgan fingerprint density at radius 3 is 2.49 bits per heavy atom. The van der Waals surface area contributed by atoms with Gasteiger partial charge < -0.3 is 30.6 Å². The molecule has 1 atom stereocenters. The molecule has 0 radical (unpaired) electrons. The molecule has 1 amide bonds. The number of anilines is 2. The van der Waals surface area contributed by atoms with Crippen LogP contribution in [0.5, 0.6) is 5.75 Å². The van der Waals surface area contributed by atoms with Crippen LogP contribution in [0.3, 0.4) is 0 Å². The Morgan fingerprint density at radius 1 is 1.12 bits per heavy atom. The number of nitrogens with zero attached hydrogens (tertiary/aromatic N) is 2. The predicted octanol–water partition coefficient (Wildman–Crippen LogP) is 4.84. The molecule has 1 fully saturated rings. The summed E-state index contributed by atoms with van der Waals surface area (Å²) in [5.74, 6) is -5.88. The third kappa shape index (κ3) is 7.24. The molecule has 232 valence electrons. The SMILES string of the molecule is Cc1c(-c2ccc(C(=O)N3CCC(NCCNc4ccc(N)cc4F)C(F)(F)C3)c(OC(F)(F)F)c2)cn(C)c(=O)c1C. The Hall–Kier alpha value is -4.20. The van der Waals surface area contributed by atoms with Crippen LogP contribution in [-0.2, 0) is 7.05 Å². The maximum atomic E-state index is 15.1. The van der Waals surface area contributed by atoms with Crippen molar-refractivity contribution in [2.24, 2.45) is 7.05 Å². The molecule has 1 saturated heterocycles. The zero-order chi connectivity index (χ0) is 31.7. The number of nitrogens with one attached hydrogen (secondary N) is 2. The number of hydrogen-bond donors (Lipinski definition) is 3. The molecule has 1 aliphatic rings. The summed E-state index contributed by atoms with van der Waals surface area (Å²) in [5.41, 5.74) is 6.71. The Labute approximate surface area is 243 Å². The molecular formula is C29H31F6N5O3. The second-order valence-corrected chi connectivity index (χ2v) is 10.4. The predicted molar refractivity (Wildman–Crippen MR) is 150 cm³/mol. The molecule has 8 nitrogen and oxygen atoms in total. The van der Waals surface area contributed by atoms with E-state index in [2.05, 4.69) is 15.4 Å². The molecule has 4 rings (SSSR count). The number of halogens is 6. The van der Waals surface area contributed by atoms with Crippen molar-refractivity contribution in [3.63, 3.8) is 0 Å². The summed E-state index contributed by atoms with van der Waals surface area (Å²) in [4.78, 5) is 26.3. The highest BCUT2D eigenvalue weighted by Crippen LogP contribution is 2.35. The van der Waals surface area contributed by atoms with Crippen LogP contribution in [0.1, 0.15) is 27.9 Å². The van der Waals surface area contributed by atoms with E-state index in [1.165, 1.54) is 36.0 Å². The lowest BCUT2D eigenvalue weighted by Gasteiger charge is -2.39. The summed E-state index contributed by atoms with van der Waals surface area (Å²) >= 11 is 0. The number of alkyl halides is 5. The molecule has 2 heterocycles. The number of aromatic nitrogens is 1. The van der Waals surface area contributed by atoms with Crippen LogP contribution in [0.4, 0.5) is 37.7 Å². The highest BCUT2D eigenvalue weighted by molar-refractivity contribution is 5.98. The number of likely N-dealkylation sites (tertiary alicyclic amines) is 1. The van der Waals surface area contributed by atoms with Crippen LogP contribution in [0.2, 0.25) is 0 Å². The van der Waals surface area contributed by atoms with Crippen molar-refractivity contribution in [2.45, 2.75) is 38.6 Å². The fraction of sp³-hybridized carbons (Fsp3) is 0.379. The van der Waals surface area contributed by atoms with Crippen LogP contribution in [0, 0.1) is 19.7 Å². The van der Waals surface area contributed by atoms with Gasteiger partial charge in [0, 0.05) is 49.7 Å². The number of piperidine rings is 1. The summed E-state index contributed by atoms with van der Waals surface area (Å²) in [5, 5.41) is 5.49. The first-order valence-corrected chi connectivity index (χ1v) is 13.3. The van der Waals surface area contributed by atoms with E-state index in [4.69, 9.17) is 5.73 Å². The lowest BCUT2D eigenvalue weighted by atomic mass is 9.96. The second kappa shape index (κ2) is 12.2. The maximum absolute atomic E-state index is 15.1. The van der Waals surface area contributed by atoms with Gasteiger partial charge in [-0.2, -0.15) is 0 Å². The van der Waals surface area contributed by atoms with E-state index < -0.39 is 47.9 Å². The fourth-order valence-electron chi connectivity index (χ4n) is 5.00. The van der Waals surface area contributed by atoms with Crippen LogP contribution < -0.4 is 26.7 Å². The van der Waals surface area contributed by atoms with E-state index >= 15 is 8.78 Å². The standard InChI is InChI=1S/C29H31F6N5O3/c1-16-17(2)26(41)39(3)14-21(16)18-4-6-20(24(12-18)43-29(33,34)35)27(42)40-11-8-25(28(31,32)15-40)38-10-9-37-23-7-5-19(36)13-22(23)30/h4-7,12-14,25,37-38H,8-11,15,36H2,1-3H3. The summed E-state index contributed by atoms with van der Waals surface area (Å²) in [6, 6.07) is 6.22. The van der Waals surface area contributed by atoms with Crippen LogP contribution in [0.15, 0.2) is 47.4 Å². The highest BCUT2D eigenvalue weighted by Gasteiger charge is 2.46. The van der Waals surface area contributed by atoms with Gasteiger partial charge in [0.05, 0.1) is 23.8 Å². The molecule has 3 aromatic rings. The van der Waals surface area contributed by atoms with E-state index in [1.54, 1.807) is 13.8 Å². The minimum atomic E-state index is -5.16. The van der Waals surface area contributed by atoms with Crippen molar-refractivity contribution in [2.75, 3.05) is 37.2 Å². The van der Waals surface area contributed by atoms with Gasteiger partial charge >= 0.3 is 6.36 Å². The number of nitrogen functional groups attached to an aromatic ring is 1. The van der Waals surface area contributed by atoms with Gasteiger partial charge in [0.1, 0.15) is 11.6 Å². The maximum Gasteiger partial charge on any atom is 0.573 e. The van der Waals surface area contributed by atoms with Crippen LogP contribution in [-0.4, -0.2) is 59.9 Å². The van der Waals surface area contributed by atoms with Gasteiger partial charge in [0.15, 0.2) is 0 Å². The lowest BCUT2D eigenvalue weighted by molar-refractivity contribution is -0.274. The van der Waals surface area contributed by atoms with Gasteiger partial charge in [-0.25, -0.2) is 13.2 Å². The average Bonchev–Trinajstić information content (AvgIpc) is 2.92. The van der Waals surface area contributed by atoms with E-state index in [0.29, 0.717) is 16.7 Å². The molecule has 43 heavy (non-hydrogen) atoms. The molecule has 0 spiro atoms. The van der Waals surface area contributed by atoms with E-state index in [0.717, 1.165) is 23.1 Å². The largest absolute Gasteiger partial charge is 0.573 e. The third-order valence-electron chi connectivity index (χ3n) is 7.39. The number of benzene rings is 2. The van der Waals surface area contributed by atoms with Gasteiger partial charge in [0.25, 0.3) is 17.4 Å². The fourth-order valence-corrected chi connectivity index (χ4v) is 5.00. The Morgan fingerprint density at radius 2 is 1.84 bits per heavy atom. The van der Waals surface area contributed by atoms with Gasteiger partial charge in [-0.15, -0.1) is 13.2 Å². The van der Waals surface area contributed by atoms with Crippen molar-refractivity contribution in [1.29, 1.82) is 0 Å². The first-order chi connectivity index (χ1) is 20.1. The first kappa shape index (κ1) is 31.7. The topological polar surface area (TPSA) is 102 Å². The summed E-state index contributed by atoms with van der Waals surface area (Å²) in [6.45, 7) is 2.21. The number of ether oxygens (including phenoxy) is 1. The number of pyridine rings is 1. The number of rotatable bonds is 8. The molecule has 0 bridgehead atoms. The molecule has 2 aromatic carbocycles. The second-order valence-electron chi connectivity index (χ2n) is 10.4. The quantitative estimate of drug-likeness (QED) is 0.192. The highest BCUT2D eigenvalue weighted by atomic mass is 19.4. The summed E-state index contributed by atoms with van der Waals surface area (Å²) in [7, 11) is 1.50. The Balaban J connectivity index is 1.49. The van der Waals surface area contributed by atoms with Crippen molar-refractivity contribution < 1.29 is 35.9 Å². The molecule has 1 aliphatic heterocycles.